The van der Waals surface area contributed by atoms with Gasteiger partial charge in [0.15, 0.2) is 11.7 Å². The van der Waals surface area contributed by atoms with Gasteiger partial charge in [-0.25, -0.2) is 9.67 Å². The molecule has 11 heteroatoms. The molecule has 162 valence electrons. The molecule has 0 aliphatic carbocycles. The number of alkyl halides is 3. The number of rotatable bonds is 4. The number of halogens is 4. The number of carbonyl (C=O) groups is 1. The lowest BCUT2D eigenvalue weighted by atomic mass is 9.97. The molecule has 3 aromatic rings. The van der Waals surface area contributed by atoms with E-state index in [-0.39, 0.29) is 23.8 Å². The Balaban J connectivity index is 1.62. The molecule has 1 amide bonds. The summed E-state index contributed by atoms with van der Waals surface area (Å²) in [6.45, 7) is 0. The van der Waals surface area contributed by atoms with Gasteiger partial charge in [0, 0.05) is 18.7 Å². The molecule has 0 radical (unpaired) electrons. The quantitative estimate of drug-likeness (QED) is 0.592. The predicted molar refractivity (Wildman–Crippen MR) is 108 cm³/mol. The summed E-state index contributed by atoms with van der Waals surface area (Å²) in [5, 5.41) is 9.84. The third-order valence-electron chi connectivity index (χ3n) is 4.91. The smallest absolute Gasteiger partial charge is 0.410 e. The Morgan fingerprint density at radius 3 is 2.61 bits per heavy atom. The molecule has 3 heterocycles. The molecule has 2 N–H and O–H groups in total. The van der Waals surface area contributed by atoms with Gasteiger partial charge >= 0.3 is 6.18 Å². The van der Waals surface area contributed by atoms with Gasteiger partial charge in [-0.1, -0.05) is 23.7 Å². The van der Waals surface area contributed by atoms with E-state index in [9.17, 15) is 18.0 Å². The Kier molecular flexibility index (Phi) is 5.48. The second-order valence-electron chi connectivity index (χ2n) is 6.94. The van der Waals surface area contributed by atoms with Gasteiger partial charge in [-0.05, 0) is 29.8 Å². The molecule has 7 nitrogen and oxygen atoms in total. The lowest BCUT2D eigenvalue weighted by Crippen LogP contribution is -2.35. The van der Waals surface area contributed by atoms with Crippen LogP contribution in [0.5, 0.6) is 5.75 Å². The minimum Gasteiger partial charge on any atom is -0.497 e. The van der Waals surface area contributed by atoms with Crippen molar-refractivity contribution < 1.29 is 22.7 Å². The number of benzene rings is 1. The SMILES string of the molecule is COc1ccc(C2CC(C(F)(F)F)n3nc(C(=O)Nc4ccc(Cl)cn4)cc3N2)cc1. The highest BCUT2D eigenvalue weighted by Gasteiger charge is 2.46. The number of fused-ring (bicyclic) bond motifs is 1. The van der Waals surface area contributed by atoms with Crippen molar-refractivity contribution in [1.29, 1.82) is 0 Å². The molecular formula is C20H17ClF3N5O2. The Hall–Kier alpha value is -3.27. The van der Waals surface area contributed by atoms with Crippen LogP contribution in [0.4, 0.5) is 24.8 Å². The lowest BCUT2D eigenvalue weighted by Gasteiger charge is -2.33. The molecule has 0 spiro atoms. The van der Waals surface area contributed by atoms with Crippen molar-refractivity contribution in [3.8, 4) is 5.75 Å². The summed E-state index contributed by atoms with van der Waals surface area (Å²) in [6, 6.07) is 8.58. The maximum Gasteiger partial charge on any atom is 0.410 e. The van der Waals surface area contributed by atoms with Crippen LogP contribution in [0.2, 0.25) is 5.02 Å². The number of aromatic nitrogens is 3. The number of amides is 1. The Labute approximate surface area is 180 Å². The van der Waals surface area contributed by atoms with Crippen LogP contribution in [0, 0.1) is 0 Å². The number of ether oxygens (including phenoxy) is 1. The van der Waals surface area contributed by atoms with E-state index in [1.807, 2.05) is 0 Å². The van der Waals surface area contributed by atoms with Gasteiger partial charge in [0.2, 0.25) is 0 Å². The van der Waals surface area contributed by atoms with Crippen molar-refractivity contribution in [2.75, 3.05) is 17.7 Å². The van der Waals surface area contributed by atoms with Gasteiger partial charge in [-0.2, -0.15) is 18.3 Å². The molecule has 31 heavy (non-hydrogen) atoms. The maximum absolute atomic E-state index is 13.8. The van der Waals surface area contributed by atoms with E-state index in [2.05, 4.69) is 20.7 Å². The summed E-state index contributed by atoms with van der Waals surface area (Å²) in [5.41, 5.74) is 0.503. The number of hydrogen-bond acceptors (Lipinski definition) is 5. The summed E-state index contributed by atoms with van der Waals surface area (Å²) < 4.78 is 47.3. The van der Waals surface area contributed by atoms with E-state index in [0.717, 1.165) is 4.68 Å². The summed E-state index contributed by atoms with van der Waals surface area (Å²) in [4.78, 5) is 16.5. The zero-order valence-corrected chi connectivity index (χ0v) is 16.9. The van der Waals surface area contributed by atoms with Gasteiger partial charge in [-0.3, -0.25) is 4.79 Å². The lowest BCUT2D eigenvalue weighted by molar-refractivity contribution is -0.173. The van der Waals surface area contributed by atoms with Gasteiger partial charge < -0.3 is 15.4 Å². The zero-order chi connectivity index (χ0) is 22.2. The highest BCUT2D eigenvalue weighted by atomic mass is 35.5. The molecule has 1 aromatic carbocycles. The van der Waals surface area contributed by atoms with Crippen LogP contribution in [-0.2, 0) is 0 Å². The summed E-state index contributed by atoms with van der Waals surface area (Å²) in [7, 11) is 1.51. The predicted octanol–water partition coefficient (Wildman–Crippen LogP) is 4.85. The van der Waals surface area contributed by atoms with Crippen LogP contribution in [-0.4, -0.2) is 34.0 Å². The topological polar surface area (TPSA) is 81.1 Å². The Morgan fingerprint density at radius 2 is 2.00 bits per heavy atom. The van der Waals surface area contributed by atoms with Crippen molar-refractivity contribution in [3.63, 3.8) is 0 Å². The minimum atomic E-state index is -4.54. The fraction of sp³-hybridized carbons (Fsp3) is 0.250. The number of anilines is 2. The fourth-order valence-electron chi connectivity index (χ4n) is 3.37. The number of nitrogens with one attached hydrogen (secondary N) is 2. The van der Waals surface area contributed by atoms with Crippen molar-refractivity contribution in [3.05, 3.63) is 64.9 Å². The normalized spacial score (nSPS) is 18.1. The molecule has 2 aromatic heterocycles. The molecule has 0 saturated heterocycles. The minimum absolute atomic E-state index is 0.101. The van der Waals surface area contributed by atoms with E-state index >= 15 is 0 Å². The monoisotopic (exact) mass is 451 g/mol. The van der Waals surface area contributed by atoms with Gasteiger partial charge in [0.05, 0.1) is 18.2 Å². The van der Waals surface area contributed by atoms with Crippen molar-refractivity contribution in [2.45, 2.75) is 24.7 Å². The van der Waals surface area contributed by atoms with Crippen LogP contribution >= 0.6 is 11.6 Å². The number of methoxy groups -OCH3 is 1. The largest absolute Gasteiger partial charge is 0.497 e. The number of nitrogens with zero attached hydrogens (tertiary/aromatic N) is 3. The molecule has 2 atom stereocenters. The van der Waals surface area contributed by atoms with E-state index in [4.69, 9.17) is 16.3 Å². The second-order valence-corrected chi connectivity index (χ2v) is 7.37. The number of carbonyl (C=O) groups excluding carboxylic acids is 1. The summed E-state index contributed by atoms with van der Waals surface area (Å²) in [6.07, 6.45) is -3.47. The molecule has 2 unspecified atom stereocenters. The summed E-state index contributed by atoms with van der Waals surface area (Å²) in [5.74, 6) is 0.229. The second kappa shape index (κ2) is 8.10. The van der Waals surface area contributed by atoms with E-state index in [1.54, 1.807) is 24.3 Å². The highest BCUT2D eigenvalue weighted by Crippen LogP contribution is 2.43. The Morgan fingerprint density at radius 1 is 1.26 bits per heavy atom. The van der Waals surface area contributed by atoms with Crippen LogP contribution in [0.3, 0.4) is 0 Å². The van der Waals surface area contributed by atoms with Crippen LogP contribution in [0.25, 0.3) is 0 Å². The van der Waals surface area contributed by atoms with E-state index < -0.39 is 24.2 Å². The molecule has 1 aliphatic rings. The number of hydrogen-bond donors (Lipinski definition) is 2. The standard InChI is InChI=1S/C20H17ClF3N5O2/c1-31-13-5-2-11(3-6-13)14-8-16(20(22,23)24)29-18(26-14)9-15(28-29)19(30)27-17-7-4-12(21)10-25-17/h2-7,9-10,14,16,26H,8H2,1H3,(H,25,27,30). The van der Waals surface area contributed by atoms with Crippen LogP contribution in [0.15, 0.2) is 48.7 Å². The van der Waals surface area contributed by atoms with E-state index in [0.29, 0.717) is 16.3 Å². The third-order valence-corrected chi connectivity index (χ3v) is 5.13. The Bertz CT molecular complexity index is 1080. The first-order valence-corrected chi connectivity index (χ1v) is 9.62. The van der Waals surface area contributed by atoms with Gasteiger partial charge in [0.25, 0.3) is 5.91 Å². The van der Waals surface area contributed by atoms with Crippen LogP contribution in [0.1, 0.15) is 34.6 Å². The molecule has 0 saturated carbocycles. The first kappa shape index (κ1) is 21.0. The molecule has 4 rings (SSSR count). The molecule has 0 fully saturated rings. The van der Waals surface area contributed by atoms with Crippen molar-refractivity contribution in [1.82, 2.24) is 14.8 Å². The van der Waals surface area contributed by atoms with Crippen molar-refractivity contribution >= 4 is 29.1 Å². The summed E-state index contributed by atoms with van der Waals surface area (Å²) >= 11 is 5.76. The van der Waals surface area contributed by atoms with Gasteiger partial charge in [0.1, 0.15) is 17.4 Å². The first-order chi connectivity index (χ1) is 14.7. The zero-order valence-electron chi connectivity index (χ0n) is 16.2. The van der Waals surface area contributed by atoms with Gasteiger partial charge in [-0.15, -0.1) is 0 Å². The molecule has 0 bridgehead atoms. The highest BCUT2D eigenvalue weighted by molar-refractivity contribution is 6.30. The maximum atomic E-state index is 13.8. The molecular weight excluding hydrogens is 435 g/mol. The third kappa shape index (κ3) is 4.43. The van der Waals surface area contributed by atoms with E-state index in [1.165, 1.54) is 31.5 Å². The van der Waals surface area contributed by atoms with Crippen molar-refractivity contribution in [2.24, 2.45) is 0 Å². The molecule has 1 aliphatic heterocycles. The average Bonchev–Trinajstić information content (AvgIpc) is 3.18. The average molecular weight is 452 g/mol. The van der Waals surface area contributed by atoms with Crippen LogP contribution < -0.4 is 15.4 Å². The fourth-order valence-corrected chi connectivity index (χ4v) is 3.48. The number of pyridine rings is 1. The first-order valence-electron chi connectivity index (χ1n) is 9.24.